The van der Waals surface area contributed by atoms with Gasteiger partial charge in [-0.05, 0) is 40.2 Å². The van der Waals surface area contributed by atoms with Crippen LogP contribution in [0.4, 0.5) is 5.69 Å². The second kappa shape index (κ2) is 6.23. The van der Waals surface area contributed by atoms with Crippen LogP contribution in [0.3, 0.4) is 0 Å². The molecule has 0 fully saturated rings. The van der Waals surface area contributed by atoms with E-state index in [1.807, 2.05) is 0 Å². The van der Waals surface area contributed by atoms with Gasteiger partial charge < -0.3 is 0 Å². The molecular weight excluding hydrogens is 453 g/mol. The molecule has 0 amide bonds. The van der Waals surface area contributed by atoms with Crippen LogP contribution in [-0.4, -0.2) is 8.42 Å². The van der Waals surface area contributed by atoms with Crippen molar-refractivity contribution < 1.29 is 8.42 Å². The van der Waals surface area contributed by atoms with Gasteiger partial charge in [0.05, 0.1) is 15.7 Å². The fourth-order valence-electron chi connectivity index (χ4n) is 1.53. The number of hydrogen-bond donors (Lipinski definition) is 1. The predicted octanol–water partition coefficient (Wildman–Crippen LogP) is 5.32. The third-order valence-corrected chi connectivity index (χ3v) is 5.79. The van der Waals surface area contributed by atoms with E-state index in [0.29, 0.717) is 14.6 Å². The Morgan fingerprint density at radius 3 is 2.10 bits per heavy atom. The molecule has 0 spiro atoms. The average molecular weight is 460 g/mol. The third kappa shape index (κ3) is 3.49. The Morgan fingerprint density at radius 1 is 1.00 bits per heavy atom. The van der Waals surface area contributed by atoms with Crippen LogP contribution in [0.15, 0.2) is 50.2 Å². The van der Waals surface area contributed by atoms with Crippen molar-refractivity contribution in [2.75, 3.05) is 4.72 Å². The van der Waals surface area contributed by atoms with Crippen molar-refractivity contribution in [3.05, 3.63) is 55.4 Å². The van der Waals surface area contributed by atoms with Crippen LogP contribution in [0.2, 0.25) is 10.0 Å². The lowest BCUT2D eigenvalue weighted by molar-refractivity contribution is 0.601. The fourth-order valence-corrected chi connectivity index (χ4v) is 5.06. The van der Waals surface area contributed by atoms with E-state index < -0.39 is 10.0 Å². The van der Waals surface area contributed by atoms with Gasteiger partial charge in [-0.2, -0.15) is 0 Å². The van der Waals surface area contributed by atoms with E-state index in [0.717, 1.165) is 0 Å². The molecule has 0 bridgehead atoms. The summed E-state index contributed by atoms with van der Waals surface area (Å²) >= 11 is 18.4. The van der Waals surface area contributed by atoms with Crippen molar-refractivity contribution >= 4 is 70.8 Å². The molecule has 0 aliphatic rings. The summed E-state index contributed by atoms with van der Waals surface area (Å²) < 4.78 is 28.4. The van der Waals surface area contributed by atoms with Crippen LogP contribution in [0.25, 0.3) is 0 Å². The van der Waals surface area contributed by atoms with Crippen molar-refractivity contribution in [3.63, 3.8) is 0 Å². The average Bonchev–Trinajstić information content (AvgIpc) is 2.30. The van der Waals surface area contributed by atoms with Crippen molar-refractivity contribution in [2.24, 2.45) is 0 Å². The minimum Gasteiger partial charge on any atom is -0.278 e. The minimum atomic E-state index is -3.88. The van der Waals surface area contributed by atoms with Gasteiger partial charge in [-0.3, -0.25) is 4.72 Å². The van der Waals surface area contributed by atoms with Crippen LogP contribution >= 0.6 is 55.1 Å². The number of para-hydroxylation sites is 1. The maximum atomic E-state index is 12.4. The molecule has 0 heterocycles. The van der Waals surface area contributed by atoms with Crippen LogP contribution < -0.4 is 4.72 Å². The highest BCUT2D eigenvalue weighted by Crippen LogP contribution is 2.34. The summed E-state index contributed by atoms with van der Waals surface area (Å²) in [7, 11) is -3.88. The number of anilines is 1. The lowest BCUT2D eigenvalue weighted by Gasteiger charge is -2.12. The molecular formula is C12H7Br2Cl2NO2S. The maximum absolute atomic E-state index is 12.4. The standard InChI is InChI=1S/C12H7Br2Cl2NO2S/c13-7-5-9(15)12(10(16)6-7)20(18,19)17-11-4-2-1-3-8(11)14/h1-6,17H. The number of sulfonamides is 1. The maximum Gasteiger partial charge on any atom is 0.264 e. The summed E-state index contributed by atoms with van der Waals surface area (Å²) in [6.45, 7) is 0. The topological polar surface area (TPSA) is 46.2 Å². The summed E-state index contributed by atoms with van der Waals surface area (Å²) in [5.41, 5.74) is 0.405. The molecule has 8 heteroatoms. The van der Waals surface area contributed by atoms with Crippen LogP contribution in [0.1, 0.15) is 0 Å². The van der Waals surface area contributed by atoms with Crippen molar-refractivity contribution in [1.82, 2.24) is 0 Å². The molecule has 2 aromatic carbocycles. The molecule has 0 saturated heterocycles. The van der Waals surface area contributed by atoms with E-state index in [2.05, 4.69) is 36.6 Å². The lowest BCUT2D eigenvalue weighted by Crippen LogP contribution is -2.14. The zero-order chi connectivity index (χ0) is 14.9. The molecule has 0 unspecified atom stereocenters. The number of halogens is 4. The Labute approximate surface area is 143 Å². The van der Waals surface area contributed by atoms with Gasteiger partial charge in [0.25, 0.3) is 10.0 Å². The van der Waals surface area contributed by atoms with Gasteiger partial charge in [0.1, 0.15) is 4.90 Å². The normalized spacial score (nSPS) is 11.4. The van der Waals surface area contributed by atoms with Gasteiger partial charge in [-0.1, -0.05) is 51.3 Å². The number of rotatable bonds is 3. The Kier molecular flexibility index (Phi) is 5.02. The van der Waals surface area contributed by atoms with Crippen molar-refractivity contribution in [2.45, 2.75) is 4.90 Å². The van der Waals surface area contributed by atoms with Gasteiger partial charge in [0, 0.05) is 8.95 Å². The Hall–Kier alpha value is -0.270. The highest BCUT2D eigenvalue weighted by molar-refractivity contribution is 9.10. The highest BCUT2D eigenvalue weighted by atomic mass is 79.9. The van der Waals surface area contributed by atoms with E-state index in [-0.39, 0.29) is 14.9 Å². The molecule has 0 aromatic heterocycles. The first kappa shape index (κ1) is 16.1. The van der Waals surface area contributed by atoms with Gasteiger partial charge >= 0.3 is 0 Å². The number of hydrogen-bond acceptors (Lipinski definition) is 2. The Balaban J connectivity index is 2.50. The Bertz CT molecular complexity index is 743. The molecule has 1 N–H and O–H groups in total. The summed E-state index contributed by atoms with van der Waals surface area (Å²) in [4.78, 5) is -0.153. The molecule has 0 aliphatic carbocycles. The summed E-state index contributed by atoms with van der Waals surface area (Å²) in [5.74, 6) is 0. The second-order valence-electron chi connectivity index (χ2n) is 3.78. The minimum absolute atomic E-state index is 0.0453. The molecule has 106 valence electrons. The smallest absolute Gasteiger partial charge is 0.264 e. The first-order chi connectivity index (χ1) is 9.31. The number of nitrogens with one attached hydrogen (secondary N) is 1. The van der Waals surface area contributed by atoms with Gasteiger partial charge in [0.2, 0.25) is 0 Å². The molecule has 20 heavy (non-hydrogen) atoms. The molecule has 2 aromatic rings. The monoisotopic (exact) mass is 457 g/mol. The highest BCUT2D eigenvalue weighted by Gasteiger charge is 2.23. The van der Waals surface area contributed by atoms with Crippen LogP contribution in [0.5, 0.6) is 0 Å². The molecule has 2 rings (SSSR count). The SMILES string of the molecule is O=S(=O)(Nc1ccccc1Br)c1c(Cl)cc(Br)cc1Cl. The molecule has 0 saturated carbocycles. The van der Waals surface area contributed by atoms with Crippen LogP contribution in [0, 0.1) is 0 Å². The fraction of sp³-hybridized carbons (Fsp3) is 0. The lowest BCUT2D eigenvalue weighted by atomic mass is 10.3. The largest absolute Gasteiger partial charge is 0.278 e. The number of benzene rings is 2. The van der Waals surface area contributed by atoms with E-state index in [9.17, 15) is 8.42 Å². The summed E-state index contributed by atoms with van der Waals surface area (Å²) in [6.07, 6.45) is 0. The molecule has 0 atom stereocenters. The molecule has 0 aliphatic heterocycles. The first-order valence-corrected chi connectivity index (χ1v) is 9.05. The zero-order valence-corrected chi connectivity index (χ0v) is 15.2. The summed E-state index contributed by atoms with van der Waals surface area (Å²) in [5, 5.41) is 0.0906. The molecule has 0 radical (unpaired) electrons. The second-order valence-corrected chi connectivity index (χ2v) is 7.99. The van der Waals surface area contributed by atoms with Crippen molar-refractivity contribution in [1.29, 1.82) is 0 Å². The van der Waals surface area contributed by atoms with Crippen LogP contribution in [-0.2, 0) is 10.0 Å². The van der Waals surface area contributed by atoms with Crippen molar-refractivity contribution in [3.8, 4) is 0 Å². The quantitative estimate of drug-likeness (QED) is 0.675. The van der Waals surface area contributed by atoms with Gasteiger partial charge in [0.15, 0.2) is 0 Å². The summed E-state index contributed by atoms with van der Waals surface area (Å²) in [6, 6.07) is 9.80. The first-order valence-electron chi connectivity index (χ1n) is 5.23. The van der Waals surface area contributed by atoms with Gasteiger partial charge in [-0.15, -0.1) is 0 Å². The zero-order valence-electron chi connectivity index (χ0n) is 9.70. The Morgan fingerprint density at radius 2 is 1.55 bits per heavy atom. The van der Waals surface area contributed by atoms with Gasteiger partial charge in [-0.25, -0.2) is 8.42 Å². The van der Waals surface area contributed by atoms with E-state index in [1.165, 1.54) is 12.1 Å². The predicted molar refractivity (Wildman–Crippen MR) is 89.1 cm³/mol. The van der Waals surface area contributed by atoms with E-state index >= 15 is 0 Å². The van der Waals surface area contributed by atoms with E-state index in [1.54, 1.807) is 24.3 Å². The third-order valence-electron chi connectivity index (χ3n) is 2.35. The van der Waals surface area contributed by atoms with E-state index in [4.69, 9.17) is 23.2 Å². The molecule has 3 nitrogen and oxygen atoms in total.